The van der Waals surface area contributed by atoms with Crippen molar-refractivity contribution in [3.63, 3.8) is 0 Å². The number of hydrogen-bond donors (Lipinski definition) is 1. The van der Waals surface area contributed by atoms with Crippen LogP contribution in [-0.2, 0) is 0 Å². The molecule has 2 nitrogen and oxygen atoms in total. The van der Waals surface area contributed by atoms with Crippen molar-refractivity contribution >= 4 is 0 Å². The Morgan fingerprint density at radius 3 is 2.60 bits per heavy atom. The van der Waals surface area contributed by atoms with E-state index < -0.39 is 0 Å². The van der Waals surface area contributed by atoms with Crippen LogP contribution in [0.3, 0.4) is 0 Å². The Bertz CT molecular complexity index is 187. The highest BCUT2D eigenvalue weighted by Crippen LogP contribution is 2.31. The van der Waals surface area contributed by atoms with E-state index in [0.717, 1.165) is 24.4 Å². The minimum Gasteiger partial charge on any atom is -0.330 e. The van der Waals surface area contributed by atoms with Crippen LogP contribution < -0.4 is 5.73 Å². The number of likely N-dealkylation sites (tertiary alicyclic amines) is 1. The molecule has 2 fully saturated rings. The van der Waals surface area contributed by atoms with Crippen molar-refractivity contribution in [1.29, 1.82) is 0 Å². The van der Waals surface area contributed by atoms with Gasteiger partial charge in [-0.25, -0.2) is 0 Å². The van der Waals surface area contributed by atoms with Gasteiger partial charge in [0.2, 0.25) is 0 Å². The van der Waals surface area contributed by atoms with E-state index in [1.165, 1.54) is 51.6 Å². The van der Waals surface area contributed by atoms with Gasteiger partial charge < -0.3 is 10.6 Å². The number of rotatable bonds is 3. The average molecular weight is 210 g/mol. The SMILES string of the molecule is CC(C1CCCC1)N1CCCC(CN)C1. The smallest absolute Gasteiger partial charge is 0.00953 e. The fourth-order valence-corrected chi connectivity index (χ4v) is 3.40. The Morgan fingerprint density at radius 1 is 1.20 bits per heavy atom. The molecule has 0 radical (unpaired) electrons. The van der Waals surface area contributed by atoms with Gasteiger partial charge in [-0.15, -0.1) is 0 Å². The molecule has 0 aromatic carbocycles. The van der Waals surface area contributed by atoms with Crippen molar-refractivity contribution in [2.75, 3.05) is 19.6 Å². The third-order valence-electron chi connectivity index (χ3n) is 4.54. The summed E-state index contributed by atoms with van der Waals surface area (Å²) in [7, 11) is 0. The van der Waals surface area contributed by atoms with Crippen molar-refractivity contribution in [3.8, 4) is 0 Å². The largest absolute Gasteiger partial charge is 0.330 e. The normalized spacial score (nSPS) is 32.0. The summed E-state index contributed by atoms with van der Waals surface area (Å²) in [6.07, 6.45) is 8.56. The Labute approximate surface area is 94.2 Å². The molecule has 0 aromatic rings. The Balaban J connectivity index is 1.85. The van der Waals surface area contributed by atoms with Crippen LogP contribution in [0.1, 0.15) is 45.4 Å². The van der Waals surface area contributed by atoms with Gasteiger partial charge in [0.05, 0.1) is 0 Å². The zero-order chi connectivity index (χ0) is 10.7. The Kier molecular flexibility index (Phi) is 4.04. The molecular formula is C13H26N2. The van der Waals surface area contributed by atoms with Crippen molar-refractivity contribution < 1.29 is 0 Å². The standard InChI is InChI=1S/C13H26N2/c1-11(13-6-2-3-7-13)15-8-4-5-12(9-14)10-15/h11-13H,2-10,14H2,1H3. The summed E-state index contributed by atoms with van der Waals surface area (Å²) < 4.78 is 0. The number of hydrogen-bond acceptors (Lipinski definition) is 2. The fourth-order valence-electron chi connectivity index (χ4n) is 3.40. The van der Waals surface area contributed by atoms with Gasteiger partial charge in [-0.2, -0.15) is 0 Å². The summed E-state index contributed by atoms with van der Waals surface area (Å²) in [5, 5.41) is 0. The molecule has 0 aromatic heterocycles. The third-order valence-corrected chi connectivity index (χ3v) is 4.54. The Morgan fingerprint density at radius 2 is 1.93 bits per heavy atom. The lowest BCUT2D eigenvalue weighted by molar-refractivity contribution is 0.100. The predicted octanol–water partition coefficient (Wildman–Crippen LogP) is 2.24. The van der Waals surface area contributed by atoms with Crippen LogP contribution in [0, 0.1) is 11.8 Å². The van der Waals surface area contributed by atoms with Gasteiger partial charge in [0, 0.05) is 12.6 Å². The van der Waals surface area contributed by atoms with E-state index >= 15 is 0 Å². The highest BCUT2D eigenvalue weighted by molar-refractivity contribution is 4.83. The molecule has 0 bridgehead atoms. The van der Waals surface area contributed by atoms with Gasteiger partial charge in [0.25, 0.3) is 0 Å². The van der Waals surface area contributed by atoms with Gasteiger partial charge in [-0.05, 0) is 57.5 Å². The van der Waals surface area contributed by atoms with E-state index in [2.05, 4.69) is 11.8 Å². The molecule has 1 saturated carbocycles. The van der Waals surface area contributed by atoms with Gasteiger partial charge in [-0.1, -0.05) is 12.8 Å². The van der Waals surface area contributed by atoms with Gasteiger partial charge in [0.1, 0.15) is 0 Å². The summed E-state index contributed by atoms with van der Waals surface area (Å²) >= 11 is 0. The van der Waals surface area contributed by atoms with Crippen LogP contribution in [0.2, 0.25) is 0 Å². The molecule has 2 aliphatic rings. The third kappa shape index (κ3) is 2.73. The highest BCUT2D eigenvalue weighted by Gasteiger charge is 2.29. The van der Waals surface area contributed by atoms with Gasteiger partial charge >= 0.3 is 0 Å². The van der Waals surface area contributed by atoms with Crippen LogP contribution in [0.25, 0.3) is 0 Å². The first-order valence-corrected chi connectivity index (χ1v) is 6.75. The van der Waals surface area contributed by atoms with E-state index in [9.17, 15) is 0 Å². The summed E-state index contributed by atoms with van der Waals surface area (Å²) in [5.74, 6) is 1.74. The molecule has 1 saturated heterocycles. The second-order valence-electron chi connectivity index (χ2n) is 5.52. The molecule has 2 atom stereocenters. The van der Waals surface area contributed by atoms with Crippen molar-refractivity contribution in [3.05, 3.63) is 0 Å². The molecule has 2 N–H and O–H groups in total. The topological polar surface area (TPSA) is 29.3 Å². The zero-order valence-electron chi connectivity index (χ0n) is 10.1. The first-order valence-electron chi connectivity index (χ1n) is 6.75. The summed E-state index contributed by atoms with van der Waals surface area (Å²) in [5.41, 5.74) is 5.79. The predicted molar refractivity (Wildman–Crippen MR) is 64.8 cm³/mol. The average Bonchev–Trinajstić information content (AvgIpc) is 2.81. The van der Waals surface area contributed by atoms with Crippen LogP contribution >= 0.6 is 0 Å². The quantitative estimate of drug-likeness (QED) is 0.774. The van der Waals surface area contributed by atoms with E-state index in [4.69, 9.17) is 5.73 Å². The van der Waals surface area contributed by atoms with Crippen molar-refractivity contribution in [2.45, 2.75) is 51.5 Å². The zero-order valence-corrected chi connectivity index (χ0v) is 10.1. The lowest BCUT2D eigenvalue weighted by Gasteiger charge is -2.39. The molecular weight excluding hydrogens is 184 g/mol. The number of nitrogens with zero attached hydrogens (tertiary/aromatic N) is 1. The summed E-state index contributed by atoms with van der Waals surface area (Å²) in [6.45, 7) is 5.89. The maximum Gasteiger partial charge on any atom is 0.00953 e. The molecule has 0 spiro atoms. The second kappa shape index (κ2) is 5.31. The first-order chi connectivity index (χ1) is 7.31. The Hall–Kier alpha value is -0.0800. The lowest BCUT2D eigenvalue weighted by atomic mass is 9.92. The van der Waals surface area contributed by atoms with Gasteiger partial charge in [-0.3, -0.25) is 0 Å². The van der Waals surface area contributed by atoms with E-state index in [-0.39, 0.29) is 0 Å². The number of piperidine rings is 1. The molecule has 1 aliphatic carbocycles. The lowest BCUT2D eigenvalue weighted by Crippen LogP contribution is -2.45. The summed E-state index contributed by atoms with van der Waals surface area (Å²) in [6, 6.07) is 0.807. The molecule has 1 heterocycles. The highest BCUT2D eigenvalue weighted by atomic mass is 15.2. The molecule has 88 valence electrons. The van der Waals surface area contributed by atoms with E-state index in [1.54, 1.807) is 0 Å². The maximum atomic E-state index is 5.79. The molecule has 0 amide bonds. The first kappa shape index (κ1) is 11.4. The van der Waals surface area contributed by atoms with Crippen LogP contribution in [0.5, 0.6) is 0 Å². The summed E-state index contributed by atoms with van der Waals surface area (Å²) in [4.78, 5) is 2.71. The molecule has 1 aliphatic heterocycles. The molecule has 15 heavy (non-hydrogen) atoms. The van der Waals surface area contributed by atoms with Crippen molar-refractivity contribution in [2.24, 2.45) is 17.6 Å². The van der Waals surface area contributed by atoms with E-state index in [0.29, 0.717) is 0 Å². The maximum absolute atomic E-state index is 5.79. The van der Waals surface area contributed by atoms with Crippen LogP contribution in [0.4, 0.5) is 0 Å². The van der Waals surface area contributed by atoms with E-state index in [1.807, 2.05) is 0 Å². The number of nitrogens with two attached hydrogens (primary N) is 1. The van der Waals surface area contributed by atoms with Crippen LogP contribution in [0.15, 0.2) is 0 Å². The van der Waals surface area contributed by atoms with Crippen LogP contribution in [-0.4, -0.2) is 30.6 Å². The monoisotopic (exact) mass is 210 g/mol. The second-order valence-corrected chi connectivity index (χ2v) is 5.52. The molecule has 2 rings (SSSR count). The van der Waals surface area contributed by atoms with Crippen molar-refractivity contribution in [1.82, 2.24) is 4.90 Å². The molecule has 2 heteroatoms. The minimum atomic E-state index is 0.766. The molecule has 2 unspecified atom stereocenters. The minimum absolute atomic E-state index is 0.766. The van der Waals surface area contributed by atoms with Gasteiger partial charge in [0.15, 0.2) is 0 Å². The fraction of sp³-hybridized carbons (Fsp3) is 1.00.